The van der Waals surface area contributed by atoms with Gasteiger partial charge < -0.3 is 9.64 Å². The number of nitrogens with zero attached hydrogens (tertiary/aromatic N) is 3. The minimum atomic E-state index is -0.386. The van der Waals surface area contributed by atoms with Crippen molar-refractivity contribution in [1.29, 1.82) is 0 Å². The van der Waals surface area contributed by atoms with Crippen molar-refractivity contribution in [2.24, 2.45) is 13.0 Å². The van der Waals surface area contributed by atoms with E-state index >= 15 is 0 Å². The van der Waals surface area contributed by atoms with Gasteiger partial charge in [-0.05, 0) is 19.8 Å². The van der Waals surface area contributed by atoms with Crippen molar-refractivity contribution in [2.45, 2.75) is 27.7 Å². The van der Waals surface area contributed by atoms with Crippen molar-refractivity contribution in [1.82, 2.24) is 14.7 Å². The molecule has 6 nitrogen and oxygen atoms in total. The zero-order chi connectivity index (χ0) is 15.3. The molecule has 0 aromatic carbocycles. The SMILES string of the molecule is CCOC(=O)CN(CC(C)C)C(=O)c1cnn(C)c1C. The number of hydrogen-bond acceptors (Lipinski definition) is 4. The van der Waals surface area contributed by atoms with Crippen LogP contribution in [0, 0.1) is 12.8 Å². The normalized spacial score (nSPS) is 10.7. The highest BCUT2D eigenvalue weighted by atomic mass is 16.5. The Balaban J connectivity index is 2.89. The summed E-state index contributed by atoms with van der Waals surface area (Å²) in [6.07, 6.45) is 1.54. The van der Waals surface area contributed by atoms with Gasteiger partial charge in [-0.2, -0.15) is 5.10 Å². The van der Waals surface area contributed by atoms with Gasteiger partial charge in [0.1, 0.15) is 6.54 Å². The van der Waals surface area contributed by atoms with Crippen LogP contribution in [0.2, 0.25) is 0 Å². The molecule has 1 aromatic heterocycles. The molecule has 0 saturated heterocycles. The number of ether oxygens (including phenoxy) is 1. The topological polar surface area (TPSA) is 64.4 Å². The molecule has 20 heavy (non-hydrogen) atoms. The average molecular weight is 281 g/mol. The van der Waals surface area contributed by atoms with Gasteiger partial charge in [0.05, 0.1) is 18.4 Å². The summed E-state index contributed by atoms with van der Waals surface area (Å²) in [7, 11) is 1.78. The summed E-state index contributed by atoms with van der Waals surface area (Å²) in [4.78, 5) is 25.7. The first-order chi connectivity index (χ1) is 9.36. The maximum absolute atomic E-state index is 12.5. The van der Waals surface area contributed by atoms with Crippen LogP contribution >= 0.6 is 0 Å². The molecule has 1 aromatic rings. The lowest BCUT2D eigenvalue weighted by Gasteiger charge is -2.23. The van der Waals surface area contributed by atoms with Crippen molar-refractivity contribution >= 4 is 11.9 Å². The number of carbonyl (C=O) groups excluding carboxylic acids is 2. The minimum Gasteiger partial charge on any atom is -0.465 e. The second-order valence-electron chi connectivity index (χ2n) is 5.15. The van der Waals surface area contributed by atoms with Crippen LogP contribution in [0.25, 0.3) is 0 Å². The van der Waals surface area contributed by atoms with E-state index in [1.807, 2.05) is 20.8 Å². The molecule has 0 spiro atoms. The second-order valence-corrected chi connectivity index (χ2v) is 5.15. The van der Waals surface area contributed by atoms with Crippen LogP contribution in [-0.4, -0.2) is 46.3 Å². The summed E-state index contributed by atoms with van der Waals surface area (Å²) >= 11 is 0. The number of aromatic nitrogens is 2. The van der Waals surface area contributed by atoms with Crippen LogP contribution < -0.4 is 0 Å². The highest BCUT2D eigenvalue weighted by Crippen LogP contribution is 2.11. The lowest BCUT2D eigenvalue weighted by atomic mass is 10.1. The zero-order valence-electron chi connectivity index (χ0n) is 12.8. The maximum atomic E-state index is 12.5. The Morgan fingerprint density at radius 2 is 2.10 bits per heavy atom. The Morgan fingerprint density at radius 3 is 2.55 bits per heavy atom. The molecule has 1 rings (SSSR count). The van der Waals surface area contributed by atoms with E-state index in [0.717, 1.165) is 5.69 Å². The van der Waals surface area contributed by atoms with Crippen molar-refractivity contribution in [3.63, 3.8) is 0 Å². The average Bonchev–Trinajstić information content (AvgIpc) is 2.68. The van der Waals surface area contributed by atoms with E-state index in [-0.39, 0.29) is 24.3 Å². The van der Waals surface area contributed by atoms with Crippen LogP contribution in [0.5, 0.6) is 0 Å². The molecule has 112 valence electrons. The third-order valence-electron chi connectivity index (χ3n) is 2.96. The van der Waals surface area contributed by atoms with Gasteiger partial charge in [0.2, 0.25) is 0 Å². The quantitative estimate of drug-likeness (QED) is 0.739. The molecule has 0 unspecified atom stereocenters. The molecule has 0 aliphatic rings. The fourth-order valence-corrected chi connectivity index (χ4v) is 1.90. The third-order valence-corrected chi connectivity index (χ3v) is 2.96. The molecule has 0 atom stereocenters. The molecule has 1 heterocycles. The number of hydrogen-bond donors (Lipinski definition) is 0. The number of esters is 1. The summed E-state index contributed by atoms with van der Waals surface area (Å²) in [6.45, 7) is 8.37. The number of carbonyl (C=O) groups is 2. The highest BCUT2D eigenvalue weighted by Gasteiger charge is 2.23. The largest absolute Gasteiger partial charge is 0.465 e. The first-order valence-corrected chi connectivity index (χ1v) is 6.80. The van der Waals surface area contributed by atoms with E-state index in [1.54, 1.807) is 18.7 Å². The number of aryl methyl sites for hydroxylation is 1. The number of rotatable bonds is 6. The molecule has 0 fully saturated rings. The van der Waals surface area contributed by atoms with Crippen LogP contribution in [-0.2, 0) is 16.6 Å². The Labute approximate surface area is 119 Å². The Hall–Kier alpha value is -1.85. The van der Waals surface area contributed by atoms with Crippen LogP contribution in [0.3, 0.4) is 0 Å². The fourth-order valence-electron chi connectivity index (χ4n) is 1.90. The third kappa shape index (κ3) is 4.08. The van der Waals surface area contributed by atoms with Gasteiger partial charge in [-0.25, -0.2) is 0 Å². The molecule has 0 saturated carbocycles. The lowest BCUT2D eigenvalue weighted by molar-refractivity contribution is -0.143. The Morgan fingerprint density at radius 1 is 1.45 bits per heavy atom. The molecule has 0 bridgehead atoms. The molecule has 6 heteroatoms. The van der Waals surface area contributed by atoms with Gasteiger partial charge in [0.25, 0.3) is 5.91 Å². The van der Waals surface area contributed by atoms with Gasteiger partial charge >= 0.3 is 5.97 Å². The molecule has 0 N–H and O–H groups in total. The molecular weight excluding hydrogens is 258 g/mol. The molecule has 0 aliphatic heterocycles. The monoisotopic (exact) mass is 281 g/mol. The first-order valence-electron chi connectivity index (χ1n) is 6.80. The van der Waals surface area contributed by atoms with Crippen LogP contribution in [0.4, 0.5) is 0 Å². The van der Waals surface area contributed by atoms with Crippen LogP contribution in [0.1, 0.15) is 36.8 Å². The molecule has 1 amide bonds. The summed E-state index contributed by atoms with van der Waals surface area (Å²) in [5.41, 5.74) is 1.31. The number of amides is 1. The van der Waals surface area contributed by atoms with E-state index in [2.05, 4.69) is 5.10 Å². The molecule has 0 radical (unpaired) electrons. The van der Waals surface area contributed by atoms with E-state index in [0.29, 0.717) is 18.7 Å². The van der Waals surface area contributed by atoms with Crippen molar-refractivity contribution in [3.8, 4) is 0 Å². The summed E-state index contributed by atoms with van der Waals surface area (Å²) in [5.74, 6) is -0.300. The Bertz CT molecular complexity index is 480. The highest BCUT2D eigenvalue weighted by molar-refractivity contribution is 5.96. The van der Waals surface area contributed by atoms with Gasteiger partial charge in [-0.1, -0.05) is 13.8 Å². The molecule has 0 aliphatic carbocycles. The van der Waals surface area contributed by atoms with Crippen molar-refractivity contribution < 1.29 is 14.3 Å². The standard InChI is InChI=1S/C14H23N3O3/c1-6-20-13(18)9-17(8-10(2)3)14(19)12-7-15-16(5)11(12)4/h7,10H,6,8-9H2,1-5H3. The van der Waals surface area contributed by atoms with Gasteiger partial charge in [0, 0.05) is 19.3 Å². The smallest absolute Gasteiger partial charge is 0.325 e. The van der Waals surface area contributed by atoms with Gasteiger partial charge in [0.15, 0.2) is 0 Å². The van der Waals surface area contributed by atoms with Crippen LogP contribution in [0.15, 0.2) is 6.20 Å². The minimum absolute atomic E-state index is 0.0286. The lowest BCUT2D eigenvalue weighted by Crippen LogP contribution is -2.39. The zero-order valence-corrected chi connectivity index (χ0v) is 12.8. The molecular formula is C14H23N3O3. The van der Waals surface area contributed by atoms with Crippen molar-refractivity contribution in [2.75, 3.05) is 19.7 Å². The van der Waals surface area contributed by atoms with E-state index < -0.39 is 0 Å². The second kappa shape index (κ2) is 7.07. The van der Waals surface area contributed by atoms with Crippen molar-refractivity contribution in [3.05, 3.63) is 17.5 Å². The summed E-state index contributed by atoms with van der Waals surface area (Å²) < 4.78 is 6.57. The fraction of sp³-hybridized carbons (Fsp3) is 0.643. The summed E-state index contributed by atoms with van der Waals surface area (Å²) in [5, 5.41) is 4.07. The Kier molecular flexibility index (Phi) is 5.73. The van der Waals surface area contributed by atoms with E-state index in [9.17, 15) is 9.59 Å². The van der Waals surface area contributed by atoms with E-state index in [1.165, 1.54) is 11.1 Å². The van der Waals surface area contributed by atoms with Gasteiger partial charge in [-0.3, -0.25) is 14.3 Å². The first kappa shape index (κ1) is 16.2. The summed E-state index contributed by atoms with van der Waals surface area (Å²) in [6, 6.07) is 0. The predicted molar refractivity (Wildman–Crippen MR) is 75.3 cm³/mol. The maximum Gasteiger partial charge on any atom is 0.325 e. The van der Waals surface area contributed by atoms with Gasteiger partial charge in [-0.15, -0.1) is 0 Å². The predicted octanol–water partition coefficient (Wildman–Crippen LogP) is 1.39. The van der Waals surface area contributed by atoms with E-state index in [4.69, 9.17) is 4.74 Å².